The standard InChI is InChI=1S/C12H14ClNO4/c1-7-2-3-8(6-9(7)13)11(16)14-10(4-5-15)12(17)18/h2-3,6,10,15H,4-5H2,1H3,(H,14,16)(H,17,18)/t10-/m0/s1. The number of nitrogens with one attached hydrogen (secondary N) is 1. The molecule has 0 aliphatic carbocycles. The molecule has 5 nitrogen and oxygen atoms in total. The van der Waals surface area contributed by atoms with Crippen molar-refractivity contribution >= 4 is 23.5 Å². The predicted octanol–water partition coefficient (Wildman–Crippen LogP) is 1.21. The van der Waals surface area contributed by atoms with Gasteiger partial charge in [-0.1, -0.05) is 17.7 Å². The predicted molar refractivity (Wildman–Crippen MR) is 66.8 cm³/mol. The Morgan fingerprint density at radius 2 is 2.11 bits per heavy atom. The molecule has 1 amide bonds. The molecule has 0 saturated heterocycles. The molecule has 18 heavy (non-hydrogen) atoms. The number of halogens is 1. The largest absolute Gasteiger partial charge is 0.480 e. The van der Waals surface area contributed by atoms with Crippen molar-refractivity contribution in [3.8, 4) is 0 Å². The lowest BCUT2D eigenvalue weighted by Crippen LogP contribution is -2.41. The number of rotatable bonds is 5. The van der Waals surface area contributed by atoms with E-state index in [4.69, 9.17) is 21.8 Å². The normalized spacial score (nSPS) is 11.9. The summed E-state index contributed by atoms with van der Waals surface area (Å²) < 4.78 is 0. The van der Waals surface area contributed by atoms with Crippen LogP contribution in [0.1, 0.15) is 22.3 Å². The van der Waals surface area contributed by atoms with Gasteiger partial charge < -0.3 is 15.5 Å². The minimum Gasteiger partial charge on any atom is -0.480 e. The average Bonchev–Trinajstić information content (AvgIpc) is 2.31. The van der Waals surface area contributed by atoms with Crippen molar-refractivity contribution in [3.05, 3.63) is 34.3 Å². The molecule has 0 aromatic heterocycles. The maximum Gasteiger partial charge on any atom is 0.326 e. The molecule has 6 heteroatoms. The van der Waals surface area contributed by atoms with Gasteiger partial charge in [-0.3, -0.25) is 4.79 Å². The Hall–Kier alpha value is -1.59. The zero-order valence-electron chi connectivity index (χ0n) is 9.81. The van der Waals surface area contributed by atoms with Crippen LogP contribution in [0.15, 0.2) is 18.2 Å². The second kappa shape index (κ2) is 6.37. The van der Waals surface area contributed by atoms with Gasteiger partial charge in [0.1, 0.15) is 6.04 Å². The van der Waals surface area contributed by atoms with Gasteiger partial charge in [0.2, 0.25) is 0 Å². The van der Waals surface area contributed by atoms with E-state index in [2.05, 4.69) is 5.32 Å². The number of amides is 1. The Balaban J connectivity index is 2.80. The van der Waals surface area contributed by atoms with Crippen LogP contribution in [0.4, 0.5) is 0 Å². The van der Waals surface area contributed by atoms with Crippen LogP contribution in [0, 0.1) is 6.92 Å². The Morgan fingerprint density at radius 1 is 1.44 bits per heavy atom. The molecule has 0 heterocycles. The van der Waals surface area contributed by atoms with Gasteiger partial charge in [0.25, 0.3) is 5.91 Å². The van der Waals surface area contributed by atoms with Gasteiger partial charge in [0.05, 0.1) is 0 Å². The first-order chi connectivity index (χ1) is 8.45. The molecule has 0 bridgehead atoms. The molecule has 1 atom stereocenters. The van der Waals surface area contributed by atoms with E-state index in [1.165, 1.54) is 6.07 Å². The lowest BCUT2D eigenvalue weighted by atomic mass is 10.1. The van der Waals surface area contributed by atoms with E-state index in [1.807, 2.05) is 0 Å². The van der Waals surface area contributed by atoms with Gasteiger partial charge >= 0.3 is 5.97 Å². The molecule has 0 radical (unpaired) electrons. The minimum atomic E-state index is -1.18. The first-order valence-corrected chi connectivity index (χ1v) is 5.74. The number of hydrogen-bond acceptors (Lipinski definition) is 3. The Morgan fingerprint density at radius 3 is 2.61 bits per heavy atom. The summed E-state index contributed by atoms with van der Waals surface area (Å²) in [7, 11) is 0. The highest BCUT2D eigenvalue weighted by molar-refractivity contribution is 6.31. The lowest BCUT2D eigenvalue weighted by Gasteiger charge is -2.13. The molecule has 0 saturated carbocycles. The number of hydrogen-bond donors (Lipinski definition) is 3. The molecule has 0 fully saturated rings. The number of carbonyl (C=O) groups is 2. The highest BCUT2D eigenvalue weighted by atomic mass is 35.5. The molecule has 1 aromatic rings. The van der Waals surface area contributed by atoms with Crippen molar-refractivity contribution in [2.24, 2.45) is 0 Å². The molecule has 0 aliphatic rings. The van der Waals surface area contributed by atoms with Crippen LogP contribution in [0.25, 0.3) is 0 Å². The third kappa shape index (κ3) is 3.72. The molecule has 0 unspecified atom stereocenters. The van der Waals surface area contributed by atoms with Crippen molar-refractivity contribution in [1.29, 1.82) is 0 Å². The quantitative estimate of drug-likeness (QED) is 0.751. The Bertz CT molecular complexity index is 461. The summed E-state index contributed by atoms with van der Waals surface area (Å²) in [6.45, 7) is 1.49. The summed E-state index contributed by atoms with van der Waals surface area (Å²) >= 11 is 5.88. The summed E-state index contributed by atoms with van der Waals surface area (Å²) in [5, 5.41) is 20.3. The molecule has 3 N–H and O–H groups in total. The molecule has 1 aromatic carbocycles. The van der Waals surface area contributed by atoms with Crippen molar-refractivity contribution in [1.82, 2.24) is 5.32 Å². The van der Waals surface area contributed by atoms with E-state index in [9.17, 15) is 9.59 Å². The maximum absolute atomic E-state index is 11.8. The van der Waals surface area contributed by atoms with Crippen LogP contribution in [0.3, 0.4) is 0 Å². The second-order valence-corrected chi connectivity index (χ2v) is 4.25. The van der Waals surface area contributed by atoms with Crippen molar-refractivity contribution in [2.45, 2.75) is 19.4 Å². The van der Waals surface area contributed by atoms with Gasteiger partial charge in [-0.2, -0.15) is 0 Å². The summed E-state index contributed by atoms with van der Waals surface area (Å²) in [6, 6.07) is 3.61. The number of carboxylic acid groups (broad SMARTS) is 1. The van der Waals surface area contributed by atoms with E-state index in [0.717, 1.165) is 5.56 Å². The highest BCUT2D eigenvalue weighted by Crippen LogP contribution is 2.16. The highest BCUT2D eigenvalue weighted by Gasteiger charge is 2.20. The lowest BCUT2D eigenvalue weighted by molar-refractivity contribution is -0.139. The van der Waals surface area contributed by atoms with E-state index >= 15 is 0 Å². The van der Waals surface area contributed by atoms with Gasteiger partial charge in [0.15, 0.2) is 0 Å². The fourth-order valence-electron chi connectivity index (χ4n) is 1.36. The zero-order chi connectivity index (χ0) is 13.7. The van der Waals surface area contributed by atoms with Crippen LogP contribution >= 0.6 is 11.6 Å². The van der Waals surface area contributed by atoms with Gasteiger partial charge in [0, 0.05) is 23.6 Å². The number of carboxylic acids is 1. The minimum absolute atomic E-state index is 0.0410. The van der Waals surface area contributed by atoms with Crippen LogP contribution in [0.5, 0.6) is 0 Å². The molecule has 0 spiro atoms. The molecule has 98 valence electrons. The fourth-order valence-corrected chi connectivity index (χ4v) is 1.54. The van der Waals surface area contributed by atoms with Crippen molar-refractivity contribution < 1.29 is 19.8 Å². The van der Waals surface area contributed by atoms with E-state index < -0.39 is 17.9 Å². The van der Waals surface area contributed by atoms with E-state index in [-0.39, 0.29) is 18.6 Å². The average molecular weight is 272 g/mol. The number of aliphatic hydroxyl groups excluding tert-OH is 1. The number of aliphatic hydroxyl groups is 1. The van der Waals surface area contributed by atoms with Gasteiger partial charge in [-0.15, -0.1) is 0 Å². The molecule has 1 rings (SSSR count). The smallest absolute Gasteiger partial charge is 0.326 e. The molecule has 0 aliphatic heterocycles. The third-order valence-electron chi connectivity index (χ3n) is 2.46. The SMILES string of the molecule is Cc1ccc(C(=O)N[C@@H](CCO)C(=O)O)cc1Cl. The topological polar surface area (TPSA) is 86.6 Å². The summed E-state index contributed by atoms with van der Waals surface area (Å²) in [5.41, 5.74) is 1.12. The zero-order valence-corrected chi connectivity index (χ0v) is 10.6. The summed E-state index contributed by atoms with van der Waals surface area (Å²) in [5.74, 6) is -1.71. The number of aryl methyl sites for hydroxylation is 1. The van der Waals surface area contributed by atoms with Crippen molar-refractivity contribution in [2.75, 3.05) is 6.61 Å². The van der Waals surface area contributed by atoms with Crippen molar-refractivity contribution in [3.63, 3.8) is 0 Å². The second-order valence-electron chi connectivity index (χ2n) is 3.84. The van der Waals surface area contributed by atoms with Crippen LogP contribution in [0.2, 0.25) is 5.02 Å². The first kappa shape index (κ1) is 14.5. The van der Waals surface area contributed by atoms with Gasteiger partial charge in [-0.25, -0.2) is 4.79 Å². The van der Waals surface area contributed by atoms with Crippen LogP contribution in [-0.2, 0) is 4.79 Å². The van der Waals surface area contributed by atoms with E-state index in [0.29, 0.717) is 5.02 Å². The van der Waals surface area contributed by atoms with Gasteiger partial charge in [-0.05, 0) is 24.6 Å². The van der Waals surface area contributed by atoms with E-state index in [1.54, 1.807) is 19.1 Å². The molecular weight excluding hydrogens is 258 g/mol. The number of aliphatic carboxylic acids is 1. The third-order valence-corrected chi connectivity index (χ3v) is 2.86. The summed E-state index contributed by atoms with van der Waals surface area (Å²) in [4.78, 5) is 22.6. The monoisotopic (exact) mass is 271 g/mol. The fraction of sp³-hybridized carbons (Fsp3) is 0.333. The van der Waals surface area contributed by atoms with Crippen LogP contribution in [-0.4, -0.2) is 34.7 Å². The van der Waals surface area contributed by atoms with Crippen LogP contribution < -0.4 is 5.32 Å². The Kier molecular flexibility index (Phi) is 5.12. The maximum atomic E-state index is 11.8. The number of carbonyl (C=O) groups excluding carboxylic acids is 1. The summed E-state index contributed by atoms with van der Waals surface area (Å²) in [6.07, 6.45) is -0.0410. The first-order valence-electron chi connectivity index (χ1n) is 5.36. The molecular formula is C12H14ClNO4. The Labute approximate surface area is 109 Å². The number of benzene rings is 1.